The standard InChI is InChI=1S/C24H35N5O2/c1-31-22-10-5-4-9-21(22)28-18-15-27(16-19-28)17-20-29(23-11-6-8-14-26-23)24(30)12-3-2-7-13-25/h4-6,8-11,14H,2-3,7,12-13,15-20,25H2,1H3. The second-order valence-corrected chi connectivity index (χ2v) is 7.83. The molecule has 2 heterocycles. The summed E-state index contributed by atoms with van der Waals surface area (Å²) in [5, 5.41) is 0. The Balaban J connectivity index is 1.54. The highest BCUT2D eigenvalue weighted by atomic mass is 16.5. The summed E-state index contributed by atoms with van der Waals surface area (Å²) in [5.41, 5.74) is 6.71. The number of ether oxygens (including phenoxy) is 1. The highest BCUT2D eigenvalue weighted by Crippen LogP contribution is 2.28. The normalized spacial score (nSPS) is 14.5. The van der Waals surface area contributed by atoms with Gasteiger partial charge in [-0.25, -0.2) is 4.98 Å². The number of carbonyl (C=O) groups excluding carboxylic acids is 1. The molecule has 2 N–H and O–H groups in total. The number of hydrogen-bond donors (Lipinski definition) is 1. The van der Waals surface area contributed by atoms with Gasteiger partial charge in [-0.15, -0.1) is 0 Å². The number of hydrogen-bond acceptors (Lipinski definition) is 6. The first kappa shape index (κ1) is 23.0. The van der Waals surface area contributed by atoms with Gasteiger partial charge in [-0.1, -0.05) is 24.6 Å². The van der Waals surface area contributed by atoms with Gasteiger partial charge >= 0.3 is 0 Å². The minimum absolute atomic E-state index is 0.142. The number of anilines is 2. The van der Waals surface area contributed by atoms with Gasteiger partial charge in [0.1, 0.15) is 11.6 Å². The van der Waals surface area contributed by atoms with E-state index in [0.717, 1.165) is 69.2 Å². The second kappa shape index (κ2) is 12.3. The van der Waals surface area contributed by atoms with Crippen molar-refractivity contribution in [3.05, 3.63) is 48.7 Å². The predicted octanol–water partition coefficient (Wildman–Crippen LogP) is 2.76. The van der Waals surface area contributed by atoms with E-state index in [1.54, 1.807) is 13.3 Å². The molecule has 1 aromatic heterocycles. The lowest BCUT2D eigenvalue weighted by Crippen LogP contribution is -2.49. The number of methoxy groups -OCH3 is 1. The molecule has 0 aliphatic carbocycles. The summed E-state index contributed by atoms with van der Waals surface area (Å²) in [7, 11) is 1.72. The Hall–Kier alpha value is -2.64. The van der Waals surface area contributed by atoms with Crippen LogP contribution in [0.4, 0.5) is 11.5 Å². The molecule has 1 saturated heterocycles. The van der Waals surface area contributed by atoms with Gasteiger partial charge in [0.25, 0.3) is 0 Å². The van der Waals surface area contributed by atoms with E-state index in [0.29, 0.717) is 19.5 Å². The monoisotopic (exact) mass is 425 g/mol. The van der Waals surface area contributed by atoms with Crippen molar-refractivity contribution < 1.29 is 9.53 Å². The summed E-state index contributed by atoms with van der Waals surface area (Å²) in [4.78, 5) is 24.0. The maximum atomic E-state index is 12.9. The van der Waals surface area contributed by atoms with Crippen molar-refractivity contribution in [1.29, 1.82) is 0 Å². The number of benzene rings is 1. The van der Waals surface area contributed by atoms with E-state index in [1.165, 1.54) is 0 Å². The van der Waals surface area contributed by atoms with Crippen molar-refractivity contribution in [2.75, 3.05) is 62.7 Å². The summed E-state index contributed by atoms with van der Waals surface area (Å²) in [6.45, 7) is 5.97. The number of unbranched alkanes of at least 4 members (excludes halogenated alkanes) is 2. The molecule has 1 aliphatic heterocycles. The Morgan fingerprint density at radius 3 is 2.55 bits per heavy atom. The molecule has 0 bridgehead atoms. The Bertz CT molecular complexity index is 794. The highest BCUT2D eigenvalue weighted by Gasteiger charge is 2.22. The largest absolute Gasteiger partial charge is 0.495 e. The second-order valence-electron chi connectivity index (χ2n) is 7.83. The molecule has 0 unspecified atom stereocenters. The fourth-order valence-corrected chi connectivity index (χ4v) is 3.96. The Morgan fingerprint density at radius 2 is 1.84 bits per heavy atom. The van der Waals surface area contributed by atoms with Crippen molar-refractivity contribution in [2.24, 2.45) is 5.73 Å². The third kappa shape index (κ3) is 6.67. The summed E-state index contributed by atoms with van der Waals surface area (Å²) in [6.07, 6.45) is 5.11. The van der Waals surface area contributed by atoms with E-state index in [1.807, 2.05) is 41.3 Å². The van der Waals surface area contributed by atoms with E-state index < -0.39 is 0 Å². The van der Waals surface area contributed by atoms with Gasteiger partial charge in [-0.05, 0) is 43.7 Å². The average Bonchev–Trinajstić information content (AvgIpc) is 2.83. The van der Waals surface area contributed by atoms with Crippen LogP contribution in [0.25, 0.3) is 0 Å². The minimum atomic E-state index is 0.142. The smallest absolute Gasteiger partial charge is 0.228 e. The number of piperazine rings is 1. The van der Waals surface area contributed by atoms with E-state index >= 15 is 0 Å². The number of amides is 1. The van der Waals surface area contributed by atoms with Crippen LogP contribution in [0.5, 0.6) is 5.75 Å². The minimum Gasteiger partial charge on any atom is -0.495 e. The molecule has 7 nitrogen and oxygen atoms in total. The lowest BCUT2D eigenvalue weighted by molar-refractivity contribution is -0.118. The van der Waals surface area contributed by atoms with E-state index in [4.69, 9.17) is 10.5 Å². The zero-order chi connectivity index (χ0) is 21.9. The van der Waals surface area contributed by atoms with Crippen LogP contribution in [0.3, 0.4) is 0 Å². The van der Waals surface area contributed by atoms with Gasteiger partial charge < -0.3 is 15.4 Å². The molecule has 1 aliphatic rings. The summed E-state index contributed by atoms with van der Waals surface area (Å²) in [5.74, 6) is 1.79. The number of para-hydroxylation sites is 2. The fraction of sp³-hybridized carbons (Fsp3) is 0.500. The number of nitrogens with two attached hydrogens (primary N) is 1. The molecule has 1 aromatic carbocycles. The third-order valence-electron chi connectivity index (χ3n) is 5.76. The first-order valence-electron chi connectivity index (χ1n) is 11.2. The van der Waals surface area contributed by atoms with E-state index in [9.17, 15) is 4.79 Å². The first-order valence-corrected chi connectivity index (χ1v) is 11.2. The zero-order valence-electron chi connectivity index (χ0n) is 18.6. The van der Waals surface area contributed by atoms with Gasteiger partial charge in [-0.3, -0.25) is 14.6 Å². The molecule has 3 rings (SSSR count). The van der Waals surface area contributed by atoms with E-state index in [-0.39, 0.29) is 5.91 Å². The number of aromatic nitrogens is 1. The SMILES string of the molecule is COc1ccccc1N1CCN(CCN(C(=O)CCCCCN)c2ccccn2)CC1. The maximum Gasteiger partial charge on any atom is 0.228 e. The molecule has 1 fully saturated rings. The predicted molar refractivity (Wildman–Crippen MR) is 126 cm³/mol. The Labute approximate surface area is 185 Å². The Morgan fingerprint density at radius 1 is 1.06 bits per heavy atom. The van der Waals surface area contributed by atoms with Crippen LogP contribution in [-0.4, -0.2) is 68.7 Å². The number of nitrogens with zero attached hydrogens (tertiary/aromatic N) is 4. The van der Waals surface area contributed by atoms with Crippen molar-refractivity contribution in [2.45, 2.75) is 25.7 Å². The first-order chi connectivity index (χ1) is 15.2. The van der Waals surface area contributed by atoms with Crippen LogP contribution in [0.1, 0.15) is 25.7 Å². The summed E-state index contributed by atoms with van der Waals surface area (Å²) >= 11 is 0. The molecule has 2 aromatic rings. The van der Waals surface area contributed by atoms with Crippen molar-refractivity contribution in [3.8, 4) is 5.75 Å². The molecular formula is C24H35N5O2. The van der Waals surface area contributed by atoms with Crippen LogP contribution >= 0.6 is 0 Å². The lowest BCUT2D eigenvalue weighted by atomic mass is 10.1. The van der Waals surface area contributed by atoms with Crippen molar-refractivity contribution in [3.63, 3.8) is 0 Å². The molecule has 0 saturated carbocycles. The molecular weight excluding hydrogens is 390 g/mol. The summed E-state index contributed by atoms with van der Waals surface area (Å²) < 4.78 is 5.51. The maximum absolute atomic E-state index is 12.9. The summed E-state index contributed by atoms with van der Waals surface area (Å²) in [6, 6.07) is 13.9. The van der Waals surface area contributed by atoms with Gasteiger partial charge in [0, 0.05) is 51.9 Å². The molecule has 0 atom stereocenters. The van der Waals surface area contributed by atoms with Gasteiger partial charge in [0.2, 0.25) is 5.91 Å². The molecule has 31 heavy (non-hydrogen) atoms. The molecule has 1 amide bonds. The fourth-order valence-electron chi connectivity index (χ4n) is 3.96. The van der Waals surface area contributed by atoms with Gasteiger partial charge in [0.05, 0.1) is 12.8 Å². The quantitative estimate of drug-likeness (QED) is 0.558. The van der Waals surface area contributed by atoms with Crippen LogP contribution in [0, 0.1) is 0 Å². The number of pyridine rings is 1. The number of rotatable bonds is 11. The van der Waals surface area contributed by atoms with Gasteiger partial charge in [0.15, 0.2) is 0 Å². The van der Waals surface area contributed by atoms with Crippen LogP contribution < -0.4 is 20.3 Å². The molecule has 168 valence electrons. The number of carbonyl (C=O) groups is 1. The van der Waals surface area contributed by atoms with Gasteiger partial charge in [-0.2, -0.15) is 0 Å². The molecule has 0 radical (unpaired) electrons. The molecule has 0 spiro atoms. The van der Waals surface area contributed by atoms with Crippen LogP contribution in [0.15, 0.2) is 48.7 Å². The Kier molecular flexibility index (Phi) is 9.12. The van der Waals surface area contributed by atoms with Crippen LogP contribution in [0.2, 0.25) is 0 Å². The zero-order valence-corrected chi connectivity index (χ0v) is 18.6. The third-order valence-corrected chi connectivity index (χ3v) is 5.76. The highest BCUT2D eigenvalue weighted by molar-refractivity contribution is 5.92. The molecule has 7 heteroatoms. The van der Waals surface area contributed by atoms with E-state index in [2.05, 4.69) is 20.9 Å². The lowest BCUT2D eigenvalue weighted by Gasteiger charge is -2.37. The van der Waals surface area contributed by atoms with Crippen molar-refractivity contribution in [1.82, 2.24) is 9.88 Å². The van der Waals surface area contributed by atoms with Crippen LogP contribution in [-0.2, 0) is 4.79 Å². The van der Waals surface area contributed by atoms with Crippen molar-refractivity contribution >= 4 is 17.4 Å². The average molecular weight is 426 g/mol. The topological polar surface area (TPSA) is 74.9 Å².